The van der Waals surface area contributed by atoms with Gasteiger partial charge in [-0.1, -0.05) is 38.8 Å². The molecule has 0 saturated carbocycles. The highest BCUT2D eigenvalue weighted by atomic mass is 16.3. The minimum absolute atomic E-state index is 0.250. The van der Waals surface area contributed by atoms with E-state index < -0.39 is 5.60 Å². The van der Waals surface area contributed by atoms with Gasteiger partial charge in [0.1, 0.15) is 0 Å². The molecule has 1 aromatic carbocycles. The van der Waals surface area contributed by atoms with Crippen LogP contribution in [-0.4, -0.2) is 5.11 Å². The fourth-order valence-corrected chi connectivity index (χ4v) is 2.20. The van der Waals surface area contributed by atoms with Crippen LogP contribution in [0.15, 0.2) is 24.3 Å². The van der Waals surface area contributed by atoms with Crippen LogP contribution >= 0.6 is 0 Å². The number of nitriles is 1. The average molecular weight is 217 g/mol. The van der Waals surface area contributed by atoms with Gasteiger partial charge in [-0.2, -0.15) is 5.26 Å². The van der Waals surface area contributed by atoms with E-state index in [0.717, 1.165) is 18.4 Å². The van der Waals surface area contributed by atoms with Crippen LogP contribution in [0.5, 0.6) is 0 Å². The van der Waals surface area contributed by atoms with Gasteiger partial charge in [-0.3, -0.25) is 0 Å². The van der Waals surface area contributed by atoms with Crippen molar-refractivity contribution in [1.82, 2.24) is 0 Å². The van der Waals surface area contributed by atoms with Crippen molar-refractivity contribution in [2.24, 2.45) is 5.92 Å². The summed E-state index contributed by atoms with van der Waals surface area (Å²) in [5, 5.41) is 19.2. The first kappa shape index (κ1) is 12.7. The molecule has 1 rings (SSSR count). The Balaban J connectivity index is 3.02. The summed E-state index contributed by atoms with van der Waals surface area (Å²) >= 11 is 0. The van der Waals surface area contributed by atoms with Crippen LogP contribution in [-0.2, 0) is 5.60 Å². The number of nitrogens with zero attached hydrogens (tertiary/aromatic N) is 1. The van der Waals surface area contributed by atoms with Crippen molar-refractivity contribution in [3.63, 3.8) is 0 Å². The smallest absolute Gasteiger partial charge is 0.0991 e. The maximum Gasteiger partial charge on any atom is 0.0991 e. The van der Waals surface area contributed by atoms with Crippen LogP contribution in [0.1, 0.15) is 44.7 Å². The highest BCUT2D eigenvalue weighted by molar-refractivity contribution is 5.34. The molecule has 0 aliphatic rings. The normalized spacial score (nSPS) is 14.5. The number of rotatable bonds is 4. The molecule has 1 N–H and O–H groups in total. The second kappa shape index (κ2) is 5.14. The Kier molecular flexibility index (Phi) is 4.09. The molecule has 2 nitrogen and oxygen atoms in total. The molecule has 1 unspecified atom stereocenters. The van der Waals surface area contributed by atoms with Gasteiger partial charge in [0.25, 0.3) is 0 Å². The fraction of sp³-hybridized carbons (Fsp3) is 0.500. The summed E-state index contributed by atoms with van der Waals surface area (Å²) in [4.78, 5) is 0. The van der Waals surface area contributed by atoms with Crippen molar-refractivity contribution in [1.29, 1.82) is 5.26 Å². The molecule has 0 aliphatic carbocycles. The molecule has 1 aromatic rings. The topological polar surface area (TPSA) is 44.0 Å². The quantitative estimate of drug-likeness (QED) is 0.841. The van der Waals surface area contributed by atoms with Crippen LogP contribution < -0.4 is 0 Å². The Bertz CT molecular complexity index is 369. The van der Waals surface area contributed by atoms with Gasteiger partial charge in [-0.25, -0.2) is 0 Å². The van der Waals surface area contributed by atoms with Gasteiger partial charge < -0.3 is 5.11 Å². The van der Waals surface area contributed by atoms with E-state index in [9.17, 15) is 5.11 Å². The minimum Gasteiger partial charge on any atom is -0.385 e. The van der Waals surface area contributed by atoms with E-state index in [-0.39, 0.29) is 5.92 Å². The summed E-state index contributed by atoms with van der Waals surface area (Å²) < 4.78 is 0. The van der Waals surface area contributed by atoms with Crippen LogP contribution in [0.25, 0.3) is 0 Å². The molecule has 86 valence electrons. The van der Waals surface area contributed by atoms with E-state index in [1.807, 2.05) is 19.1 Å². The second-order valence-electron chi connectivity index (χ2n) is 4.35. The number of hydrogen-bond donors (Lipinski definition) is 1. The Hall–Kier alpha value is -1.33. The first-order valence-corrected chi connectivity index (χ1v) is 5.79. The van der Waals surface area contributed by atoms with Gasteiger partial charge in [-0.05, 0) is 30.5 Å². The Morgan fingerprint density at radius 1 is 1.25 bits per heavy atom. The Morgan fingerprint density at radius 2 is 1.75 bits per heavy atom. The lowest BCUT2D eigenvalue weighted by Gasteiger charge is -2.32. The fourth-order valence-electron chi connectivity index (χ4n) is 2.20. The van der Waals surface area contributed by atoms with Crippen LogP contribution in [0.2, 0.25) is 0 Å². The van der Waals surface area contributed by atoms with Crippen LogP contribution in [0, 0.1) is 17.2 Å². The largest absolute Gasteiger partial charge is 0.385 e. The Labute approximate surface area is 97.5 Å². The van der Waals surface area contributed by atoms with Gasteiger partial charge in [0.2, 0.25) is 0 Å². The average Bonchev–Trinajstić information content (AvgIpc) is 2.30. The van der Waals surface area contributed by atoms with Crippen molar-refractivity contribution < 1.29 is 5.11 Å². The highest BCUT2D eigenvalue weighted by Crippen LogP contribution is 2.33. The molecular formula is C14H19NO. The van der Waals surface area contributed by atoms with Crippen LogP contribution in [0.3, 0.4) is 0 Å². The second-order valence-corrected chi connectivity index (χ2v) is 4.35. The molecule has 0 bridgehead atoms. The Morgan fingerprint density at radius 3 is 2.12 bits per heavy atom. The molecule has 0 aromatic heterocycles. The molecule has 2 heteroatoms. The summed E-state index contributed by atoms with van der Waals surface area (Å²) in [5.74, 6) is 0.250. The van der Waals surface area contributed by atoms with Crippen molar-refractivity contribution in [2.75, 3.05) is 0 Å². The first-order chi connectivity index (χ1) is 7.56. The molecule has 0 amide bonds. The van der Waals surface area contributed by atoms with E-state index in [0.29, 0.717) is 5.56 Å². The lowest BCUT2D eigenvalue weighted by molar-refractivity contribution is -0.00949. The van der Waals surface area contributed by atoms with Gasteiger partial charge in [0.05, 0.1) is 17.2 Å². The molecule has 0 aliphatic heterocycles. The van der Waals surface area contributed by atoms with Crippen LogP contribution in [0.4, 0.5) is 0 Å². The number of aliphatic hydroxyl groups is 1. The predicted octanol–water partition coefficient (Wildman–Crippen LogP) is 3.20. The maximum atomic E-state index is 10.5. The minimum atomic E-state index is -0.808. The summed E-state index contributed by atoms with van der Waals surface area (Å²) in [7, 11) is 0. The zero-order chi connectivity index (χ0) is 12.2. The SMILES string of the molecule is CCC(CC)C(C)(O)c1ccc(C#N)cc1. The molecule has 1 atom stereocenters. The van der Waals surface area contributed by atoms with Crippen molar-refractivity contribution in [2.45, 2.75) is 39.2 Å². The third-order valence-electron chi connectivity index (χ3n) is 3.38. The number of benzene rings is 1. The zero-order valence-corrected chi connectivity index (χ0v) is 10.2. The summed E-state index contributed by atoms with van der Waals surface area (Å²) in [5.41, 5.74) is 0.710. The lowest BCUT2D eigenvalue weighted by Crippen LogP contribution is -2.31. The van der Waals surface area contributed by atoms with E-state index in [2.05, 4.69) is 19.9 Å². The summed E-state index contributed by atoms with van der Waals surface area (Å²) in [6.45, 7) is 6.03. The third kappa shape index (κ3) is 2.43. The van der Waals surface area contributed by atoms with Gasteiger partial charge >= 0.3 is 0 Å². The lowest BCUT2D eigenvalue weighted by atomic mass is 9.79. The van der Waals surface area contributed by atoms with E-state index >= 15 is 0 Å². The van der Waals surface area contributed by atoms with Gasteiger partial charge in [-0.15, -0.1) is 0 Å². The monoisotopic (exact) mass is 217 g/mol. The molecule has 0 saturated heterocycles. The van der Waals surface area contributed by atoms with E-state index in [1.54, 1.807) is 12.1 Å². The van der Waals surface area contributed by atoms with E-state index in [1.165, 1.54) is 0 Å². The molecule has 0 spiro atoms. The predicted molar refractivity (Wildman–Crippen MR) is 64.8 cm³/mol. The van der Waals surface area contributed by atoms with Crippen molar-refractivity contribution >= 4 is 0 Å². The van der Waals surface area contributed by atoms with E-state index in [4.69, 9.17) is 5.26 Å². The molecule has 0 radical (unpaired) electrons. The maximum absolute atomic E-state index is 10.5. The van der Waals surface area contributed by atoms with Gasteiger partial charge in [0, 0.05) is 0 Å². The van der Waals surface area contributed by atoms with Crippen molar-refractivity contribution in [3.05, 3.63) is 35.4 Å². The number of hydrogen-bond acceptors (Lipinski definition) is 2. The molecule has 0 fully saturated rings. The standard InChI is InChI=1S/C14H19NO/c1-4-12(5-2)14(3,16)13-8-6-11(10-15)7-9-13/h6-9,12,16H,4-5H2,1-3H3. The van der Waals surface area contributed by atoms with Crippen molar-refractivity contribution in [3.8, 4) is 6.07 Å². The highest BCUT2D eigenvalue weighted by Gasteiger charge is 2.30. The molecule has 0 heterocycles. The summed E-state index contributed by atoms with van der Waals surface area (Å²) in [6.07, 6.45) is 1.90. The molecule has 16 heavy (non-hydrogen) atoms. The zero-order valence-electron chi connectivity index (χ0n) is 10.2. The third-order valence-corrected chi connectivity index (χ3v) is 3.38. The first-order valence-electron chi connectivity index (χ1n) is 5.79. The van der Waals surface area contributed by atoms with Gasteiger partial charge in [0.15, 0.2) is 0 Å². The molecular weight excluding hydrogens is 198 g/mol. The summed E-state index contributed by atoms with van der Waals surface area (Å²) in [6, 6.07) is 9.28.